The molecule has 5 N–H and O–H groups in total. The summed E-state index contributed by atoms with van der Waals surface area (Å²) in [6.07, 6.45) is 2.19. The van der Waals surface area contributed by atoms with Crippen molar-refractivity contribution in [3.05, 3.63) is 33.9 Å². The Morgan fingerprint density at radius 1 is 1.50 bits per heavy atom. The first-order chi connectivity index (χ1) is 9.00. The molecule has 2 rings (SSSR count). The molecule has 20 heavy (non-hydrogen) atoms. The van der Waals surface area contributed by atoms with Crippen LogP contribution in [0.15, 0.2) is 18.2 Å². The number of nitrogens with one attached hydrogen (secondary N) is 1. The van der Waals surface area contributed by atoms with Crippen LogP contribution in [0.25, 0.3) is 0 Å². The van der Waals surface area contributed by atoms with Crippen molar-refractivity contribution in [3.63, 3.8) is 0 Å². The van der Waals surface area contributed by atoms with Gasteiger partial charge in [0.05, 0.1) is 10.5 Å². The molecule has 0 spiro atoms. The van der Waals surface area contributed by atoms with Crippen LogP contribution in [0.2, 0.25) is 0 Å². The molecule has 1 aliphatic rings. The van der Waals surface area contributed by atoms with E-state index in [9.17, 15) is 14.9 Å². The zero-order valence-corrected chi connectivity index (χ0v) is 11.6. The number of carbonyl (C=O) groups is 1. The number of benzene rings is 1. The van der Waals surface area contributed by atoms with Gasteiger partial charge in [-0.3, -0.25) is 14.9 Å². The molecule has 1 unspecified atom stereocenters. The molecule has 1 atom stereocenters. The zero-order valence-electron chi connectivity index (χ0n) is 10.7. The highest BCUT2D eigenvalue weighted by Gasteiger charge is 2.29. The second kappa shape index (κ2) is 6.53. The minimum absolute atomic E-state index is 0. The fraction of sp³-hybridized carbons (Fsp3) is 0.417. The zero-order chi connectivity index (χ0) is 14.0. The van der Waals surface area contributed by atoms with Gasteiger partial charge < -0.3 is 16.8 Å². The average Bonchev–Trinajstić information content (AvgIpc) is 3.19. The van der Waals surface area contributed by atoms with Gasteiger partial charge in [-0.2, -0.15) is 0 Å². The maximum Gasteiger partial charge on any atom is 0.292 e. The minimum Gasteiger partial charge on any atom is -0.393 e. The summed E-state index contributed by atoms with van der Waals surface area (Å²) in [5.74, 6) is 0.0417. The molecule has 0 saturated heterocycles. The van der Waals surface area contributed by atoms with Gasteiger partial charge in [0.25, 0.3) is 11.6 Å². The molecule has 1 fully saturated rings. The molecule has 8 heteroatoms. The van der Waals surface area contributed by atoms with E-state index in [0.29, 0.717) is 12.5 Å². The predicted octanol–water partition coefficient (Wildman–Crippen LogP) is 1.07. The largest absolute Gasteiger partial charge is 0.393 e. The van der Waals surface area contributed by atoms with Gasteiger partial charge in [0.1, 0.15) is 5.69 Å². The molecule has 1 amide bonds. The fourth-order valence-electron chi connectivity index (χ4n) is 1.91. The number of nitrogens with two attached hydrogens (primary N) is 2. The van der Waals surface area contributed by atoms with Gasteiger partial charge in [-0.25, -0.2) is 0 Å². The number of carbonyl (C=O) groups excluding carboxylic acids is 1. The summed E-state index contributed by atoms with van der Waals surface area (Å²) >= 11 is 0. The van der Waals surface area contributed by atoms with E-state index >= 15 is 0 Å². The molecule has 1 aromatic rings. The van der Waals surface area contributed by atoms with E-state index in [1.54, 1.807) is 0 Å². The summed E-state index contributed by atoms with van der Waals surface area (Å²) in [6, 6.07) is 4.09. The first-order valence-corrected chi connectivity index (χ1v) is 6.07. The van der Waals surface area contributed by atoms with Crippen molar-refractivity contribution in [2.24, 2.45) is 11.7 Å². The van der Waals surface area contributed by atoms with Crippen LogP contribution in [0.3, 0.4) is 0 Å². The van der Waals surface area contributed by atoms with E-state index in [1.807, 2.05) is 0 Å². The van der Waals surface area contributed by atoms with E-state index in [-0.39, 0.29) is 35.4 Å². The first-order valence-electron chi connectivity index (χ1n) is 6.07. The molecule has 1 aliphatic carbocycles. The van der Waals surface area contributed by atoms with Crippen LogP contribution in [0, 0.1) is 16.0 Å². The topological polar surface area (TPSA) is 124 Å². The second-order valence-electron chi connectivity index (χ2n) is 4.71. The van der Waals surface area contributed by atoms with Gasteiger partial charge in [0.2, 0.25) is 0 Å². The molecule has 0 aromatic heterocycles. The number of amides is 1. The van der Waals surface area contributed by atoms with E-state index in [1.165, 1.54) is 18.2 Å². The lowest BCUT2D eigenvalue weighted by molar-refractivity contribution is -0.383. The lowest BCUT2D eigenvalue weighted by atomic mass is 10.1. The highest BCUT2D eigenvalue weighted by molar-refractivity contribution is 6.00. The Labute approximate surface area is 122 Å². The maximum atomic E-state index is 11.9. The van der Waals surface area contributed by atoms with Gasteiger partial charge in [-0.1, -0.05) is 6.07 Å². The van der Waals surface area contributed by atoms with Gasteiger partial charge in [-0.05, 0) is 24.8 Å². The molecule has 0 bridgehead atoms. The van der Waals surface area contributed by atoms with Crippen molar-refractivity contribution in [3.8, 4) is 0 Å². The lowest BCUT2D eigenvalue weighted by Gasteiger charge is -2.12. The predicted molar refractivity (Wildman–Crippen MR) is 77.8 cm³/mol. The number of halogens is 1. The third-order valence-electron chi connectivity index (χ3n) is 3.25. The van der Waals surface area contributed by atoms with E-state index in [2.05, 4.69) is 5.32 Å². The van der Waals surface area contributed by atoms with Crippen molar-refractivity contribution >= 4 is 29.7 Å². The van der Waals surface area contributed by atoms with Crippen molar-refractivity contribution in [1.82, 2.24) is 5.32 Å². The van der Waals surface area contributed by atoms with Crippen LogP contribution in [-0.4, -0.2) is 23.4 Å². The second-order valence-corrected chi connectivity index (χ2v) is 4.71. The monoisotopic (exact) mass is 300 g/mol. The van der Waals surface area contributed by atoms with Crippen molar-refractivity contribution in [1.29, 1.82) is 0 Å². The fourth-order valence-corrected chi connectivity index (χ4v) is 1.91. The van der Waals surface area contributed by atoms with E-state index in [0.717, 1.165) is 12.8 Å². The minimum atomic E-state index is -0.609. The van der Waals surface area contributed by atoms with Crippen molar-refractivity contribution < 1.29 is 9.72 Å². The van der Waals surface area contributed by atoms with Crippen molar-refractivity contribution in [2.75, 3.05) is 12.3 Å². The summed E-state index contributed by atoms with van der Waals surface area (Å²) in [6.45, 7) is 0.353. The summed E-state index contributed by atoms with van der Waals surface area (Å²) in [5.41, 5.74) is 11.2. The Kier molecular flexibility index (Phi) is 5.29. The summed E-state index contributed by atoms with van der Waals surface area (Å²) < 4.78 is 0. The molecule has 0 radical (unpaired) electrons. The number of nitro groups is 1. The van der Waals surface area contributed by atoms with Crippen LogP contribution >= 0.6 is 12.4 Å². The molecular formula is C12H17ClN4O3. The van der Waals surface area contributed by atoms with Gasteiger partial charge in [-0.15, -0.1) is 12.4 Å². The summed E-state index contributed by atoms with van der Waals surface area (Å²) in [7, 11) is 0. The molecule has 0 aliphatic heterocycles. The number of hydrogen-bond acceptors (Lipinski definition) is 5. The first kappa shape index (κ1) is 16.2. The number of anilines is 1. The Morgan fingerprint density at radius 2 is 2.15 bits per heavy atom. The smallest absolute Gasteiger partial charge is 0.292 e. The van der Waals surface area contributed by atoms with Crippen LogP contribution in [0.4, 0.5) is 11.4 Å². The van der Waals surface area contributed by atoms with Gasteiger partial charge in [0.15, 0.2) is 0 Å². The maximum absolute atomic E-state index is 11.9. The number of rotatable bonds is 5. The standard InChI is InChI=1S/C12H16N4O3.ClH/c13-9(7-4-5-7)6-15-12(17)8-2-1-3-10(11(8)14)16(18)19;/h1-3,7,9H,4-6,13-14H2,(H,15,17);1H. The van der Waals surface area contributed by atoms with Crippen LogP contribution < -0.4 is 16.8 Å². The summed E-state index contributed by atoms with van der Waals surface area (Å²) in [5, 5.41) is 13.4. The molecule has 0 heterocycles. The van der Waals surface area contributed by atoms with Gasteiger partial charge in [0, 0.05) is 18.7 Å². The van der Waals surface area contributed by atoms with Crippen LogP contribution in [0.1, 0.15) is 23.2 Å². The Morgan fingerprint density at radius 3 is 2.70 bits per heavy atom. The van der Waals surface area contributed by atoms with Crippen LogP contribution in [-0.2, 0) is 0 Å². The van der Waals surface area contributed by atoms with Crippen molar-refractivity contribution in [2.45, 2.75) is 18.9 Å². The van der Waals surface area contributed by atoms with Gasteiger partial charge >= 0.3 is 0 Å². The Balaban J connectivity index is 0.00000200. The Hall–Kier alpha value is -1.86. The third kappa shape index (κ3) is 3.58. The number of hydrogen-bond donors (Lipinski definition) is 3. The molecular weight excluding hydrogens is 284 g/mol. The number of nitrogens with zero attached hydrogens (tertiary/aromatic N) is 1. The number of para-hydroxylation sites is 1. The Bertz CT molecular complexity index is 519. The number of nitro benzene ring substituents is 1. The molecule has 1 saturated carbocycles. The number of nitrogen functional groups attached to an aromatic ring is 1. The molecule has 7 nitrogen and oxygen atoms in total. The lowest BCUT2D eigenvalue weighted by Crippen LogP contribution is -2.38. The van der Waals surface area contributed by atoms with E-state index in [4.69, 9.17) is 11.5 Å². The molecule has 1 aromatic carbocycles. The highest BCUT2D eigenvalue weighted by atomic mass is 35.5. The van der Waals surface area contributed by atoms with E-state index < -0.39 is 10.8 Å². The SMILES string of the molecule is Cl.Nc1c(C(=O)NCC(N)C2CC2)cccc1[N+](=O)[O-]. The average molecular weight is 301 g/mol. The van der Waals surface area contributed by atoms with Crippen LogP contribution in [0.5, 0.6) is 0 Å². The molecule has 110 valence electrons. The third-order valence-corrected chi connectivity index (χ3v) is 3.25. The highest BCUT2D eigenvalue weighted by Crippen LogP contribution is 2.31. The summed E-state index contributed by atoms with van der Waals surface area (Å²) in [4.78, 5) is 22.0. The quantitative estimate of drug-likeness (QED) is 0.426. The normalized spacial score (nSPS) is 15.1.